The van der Waals surface area contributed by atoms with Crippen LogP contribution >= 0.6 is 11.8 Å². The van der Waals surface area contributed by atoms with Crippen molar-refractivity contribution in [1.29, 1.82) is 0 Å². The lowest BCUT2D eigenvalue weighted by molar-refractivity contribution is -0.119. The number of aromatic nitrogens is 3. The van der Waals surface area contributed by atoms with Crippen LogP contribution in [0.5, 0.6) is 0 Å². The van der Waals surface area contributed by atoms with Gasteiger partial charge in [0, 0.05) is 12.6 Å². The Labute approximate surface area is 119 Å². The third kappa shape index (κ3) is 3.41. The Kier molecular flexibility index (Phi) is 4.48. The highest BCUT2D eigenvalue weighted by molar-refractivity contribution is 8.00. The Morgan fingerprint density at radius 1 is 1.55 bits per heavy atom. The molecule has 1 fully saturated rings. The molecule has 1 aromatic rings. The van der Waals surface area contributed by atoms with E-state index in [-0.39, 0.29) is 11.7 Å². The second-order valence-electron chi connectivity index (χ2n) is 4.52. The van der Waals surface area contributed by atoms with Crippen LogP contribution in [0, 0.1) is 0 Å². The first-order valence-corrected chi connectivity index (χ1v) is 7.33. The zero-order chi connectivity index (χ0) is 14.7. The first kappa shape index (κ1) is 14.6. The van der Waals surface area contributed by atoms with Crippen molar-refractivity contribution in [2.24, 2.45) is 0 Å². The Hall–Kier alpha value is -1.77. The standard InChI is InChI=1S/C11H17N5O3S/c1-3-12-9(18)13-8(17)6(2)20-11-15-14-10(19)16(11)7-4-5-7/h6-7H,3-5H2,1-2H3,(H,14,19)(H2,12,13,17,18)/t6-/m0/s1. The summed E-state index contributed by atoms with van der Waals surface area (Å²) in [5.74, 6) is -0.418. The van der Waals surface area contributed by atoms with Crippen LogP contribution in [0.4, 0.5) is 4.79 Å². The molecule has 8 nitrogen and oxygen atoms in total. The number of thioether (sulfide) groups is 1. The molecule has 1 aromatic heterocycles. The second-order valence-corrected chi connectivity index (χ2v) is 5.83. The Balaban J connectivity index is 1.97. The highest BCUT2D eigenvalue weighted by atomic mass is 32.2. The van der Waals surface area contributed by atoms with Gasteiger partial charge in [-0.2, -0.15) is 0 Å². The van der Waals surface area contributed by atoms with Crippen molar-refractivity contribution < 1.29 is 9.59 Å². The predicted molar refractivity (Wildman–Crippen MR) is 73.7 cm³/mol. The van der Waals surface area contributed by atoms with Crippen LogP contribution in [0.3, 0.4) is 0 Å². The highest BCUT2D eigenvalue weighted by Crippen LogP contribution is 2.36. The largest absolute Gasteiger partial charge is 0.344 e. The summed E-state index contributed by atoms with van der Waals surface area (Å²) < 4.78 is 1.57. The number of nitrogens with one attached hydrogen (secondary N) is 3. The minimum Gasteiger partial charge on any atom is -0.338 e. The molecule has 0 saturated heterocycles. The van der Waals surface area contributed by atoms with Crippen molar-refractivity contribution >= 4 is 23.7 Å². The molecule has 3 N–H and O–H groups in total. The Morgan fingerprint density at radius 3 is 2.85 bits per heavy atom. The van der Waals surface area contributed by atoms with Gasteiger partial charge in [-0.25, -0.2) is 14.7 Å². The molecule has 110 valence electrons. The van der Waals surface area contributed by atoms with Crippen LogP contribution in [-0.4, -0.2) is 38.5 Å². The molecule has 3 amide bonds. The van der Waals surface area contributed by atoms with E-state index >= 15 is 0 Å². The quantitative estimate of drug-likeness (QED) is 0.674. The minimum atomic E-state index is -0.523. The number of amides is 3. The van der Waals surface area contributed by atoms with Crippen LogP contribution in [0.15, 0.2) is 9.95 Å². The minimum absolute atomic E-state index is 0.183. The molecule has 1 heterocycles. The van der Waals surface area contributed by atoms with Gasteiger partial charge in [0.25, 0.3) is 0 Å². The van der Waals surface area contributed by atoms with Gasteiger partial charge in [0.1, 0.15) is 0 Å². The van der Waals surface area contributed by atoms with Crippen molar-refractivity contribution in [2.75, 3.05) is 6.54 Å². The zero-order valence-corrected chi connectivity index (χ0v) is 12.1. The van der Waals surface area contributed by atoms with Gasteiger partial charge in [0.15, 0.2) is 5.16 Å². The topological polar surface area (TPSA) is 109 Å². The van der Waals surface area contributed by atoms with E-state index in [1.807, 2.05) is 0 Å². The fraction of sp³-hybridized carbons (Fsp3) is 0.636. The van der Waals surface area contributed by atoms with Crippen LogP contribution < -0.4 is 16.3 Å². The second kappa shape index (κ2) is 6.12. The lowest BCUT2D eigenvalue weighted by Gasteiger charge is -2.11. The Bertz CT molecular complexity index is 563. The molecule has 9 heteroatoms. The predicted octanol–water partition coefficient (Wildman–Crippen LogP) is 0.233. The molecule has 1 aliphatic carbocycles. The molecule has 0 aromatic carbocycles. The summed E-state index contributed by atoms with van der Waals surface area (Å²) >= 11 is 1.16. The van der Waals surface area contributed by atoms with E-state index in [1.54, 1.807) is 18.4 Å². The smallest absolute Gasteiger partial charge is 0.338 e. The van der Waals surface area contributed by atoms with Crippen molar-refractivity contribution in [3.63, 3.8) is 0 Å². The van der Waals surface area contributed by atoms with E-state index in [9.17, 15) is 14.4 Å². The fourth-order valence-corrected chi connectivity index (χ4v) is 2.58. The lowest BCUT2D eigenvalue weighted by atomic mass is 10.4. The van der Waals surface area contributed by atoms with Crippen LogP contribution in [0.1, 0.15) is 32.7 Å². The van der Waals surface area contributed by atoms with Crippen LogP contribution in [0.2, 0.25) is 0 Å². The third-order valence-corrected chi connectivity index (χ3v) is 3.88. The lowest BCUT2D eigenvalue weighted by Crippen LogP contribution is -2.42. The highest BCUT2D eigenvalue weighted by Gasteiger charge is 2.30. The van der Waals surface area contributed by atoms with Gasteiger partial charge in [0.2, 0.25) is 5.91 Å². The first-order chi connectivity index (χ1) is 9.52. The van der Waals surface area contributed by atoms with Gasteiger partial charge in [-0.1, -0.05) is 11.8 Å². The summed E-state index contributed by atoms with van der Waals surface area (Å²) in [5, 5.41) is 11.0. The van der Waals surface area contributed by atoms with Gasteiger partial charge in [-0.15, -0.1) is 5.10 Å². The monoisotopic (exact) mass is 299 g/mol. The molecule has 2 rings (SSSR count). The third-order valence-electron chi connectivity index (χ3n) is 2.81. The van der Waals surface area contributed by atoms with Gasteiger partial charge in [-0.05, 0) is 26.7 Å². The molecule has 1 saturated carbocycles. The molecule has 0 unspecified atom stereocenters. The van der Waals surface area contributed by atoms with Crippen molar-refractivity contribution in [2.45, 2.75) is 43.1 Å². The summed E-state index contributed by atoms with van der Waals surface area (Å²) in [7, 11) is 0. The summed E-state index contributed by atoms with van der Waals surface area (Å²) in [4.78, 5) is 34.7. The SMILES string of the molecule is CCNC(=O)NC(=O)[C@H](C)Sc1n[nH]c(=O)n1C1CC1. The normalized spacial score (nSPS) is 15.7. The summed E-state index contributed by atoms with van der Waals surface area (Å²) in [6, 6.07) is -0.339. The van der Waals surface area contributed by atoms with E-state index in [0.717, 1.165) is 24.6 Å². The summed E-state index contributed by atoms with van der Waals surface area (Å²) in [6.45, 7) is 3.87. The first-order valence-electron chi connectivity index (χ1n) is 6.45. The average Bonchev–Trinajstić information content (AvgIpc) is 3.15. The van der Waals surface area contributed by atoms with E-state index in [1.165, 1.54) is 0 Å². The van der Waals surface area contributed by atoms with Crippen molar-refractivity contribution in [3.8, 4) is 0 Å². The van der Waals surface area contributed by atoms with Crippen molar-refractivity contribution in [3.05, 3.63) is 10.5 Å². The van der Waals surface area contributed by atoms with E-state index < -0.39 is 17.2 Å². The van der Waals surface area contributed by atoms with Gasteiger partial charge < -0.3 is 5.32 Å². The number of hydrogen-bond acceptors (Lipinski definition) is 5. The van der Waals surface area contributed by atoms with Crippen LogP contribution in [-0.2, 0) is 4.79 Å². The number of imide groups is 1. The number of aromatic amines is 1. The average molecular weight is 299 g/mol. The Morgan fingerprint density at radius 2 is 2.25 bits per heavy atom. The number of urea groups is 1. The van der Waals surface area contributed by atoms with Gasteiger partial charge >= 0.3 is 11.7 Å². The maximum Gasteiger partial charge on any atom is 0.344 e. The molecule has 1 aliphatic rings. The molecular formula is C11H17N5O3S. The zero-order valence-electron chi connectivity index (χ0n) is 11.3. The van der Waals surface area contributed by atoms with Crippen molar-refractivity contribution in [1.82, 2.24) is 25.4 Å². The molecule has 0 bridgehead atoms. The maximum absolute atomic E-state index is 11.8. The number of carbonyl (C=O) groups is 2. The molecular weight excluding hydrogens is 282 g/mol. The molecule has 20 heavy (non-hydrogen) atoms. The summed E-state index contributed by atoms with van der Waals surface area (Å²) in [6.07, 6.45) is 1.90. The molecule has 0 radical (unpaired) electrons. The van der Waals surface area contributed by atoms with Crippen LogP contribution in [0.25, 0.3) is 0 Å². The number of nitrogens with zero attached hydrogens (tertiary/aromatic N) is 2. The van der Waals surface area contributed by atoms with Gasteiger partial charge in [-0.3, -0.25) is 14.7 Å². The molecule has 0 aliphatic heterocycles. The van der Waals surface area contributed by atoms with E-state index in [2.05, 4.69) is 20.8 Å². The van der Waals surface area contributed by atoms with E-state index in [0.29, 0.717) is 11.7 Å². The van der Waals surface area contributed by atoms with Gasteiger partial charge in [0.05, 0.1) is 5.25 Å². The maximum atomic E-state index is 11.8. The van der Waals surface area contributed by atoms with E-state index in [4.69, 9.17) is 0 Å². The number of rotatable bonds is 5. The molecule has 0 spiro atoms. The number of hydrogen-bond donors (Lipinski definition) is 3. The number of carbonyl (C=O) groups excluding carboxylic acids is 2. The molecule has 1 atom stereocenters. The number of H-pyrrole nitrogens is 1. The fourth-order valence-electron chi connectivity index (χ4n) is 1.66. The summed E-state index contributed by atoms with van der Waals surface area (Å²) in [5.41, 5.74) is -0.258.